The first-order chi connectivity index (χ1) is 9.34. The van der Waals surface area contributed by atoms with Gasteiger partial charge in [0.2, 0.25) is 0 Å². The van der Waals surface area contributed by atoms with Crippen molar-refractivity contribution in [1.29, 1.82) is 0 Å². The second kappa shape index (κ2) is 4.92. The summed E-state index contributed by atoms with van der Waals surface area (Å²) < 4.78 is 1.32. The largest absolute Gasteiger partial charge is 0.479 e. The van der Waals surface area contributed by atoms with Crippen LogP contribution in [0.1, 0.15) is 13.8 Å². The first-order valence-corrected chi connectivity index (χ1v) is 6.14. The van der Waals surface area contributed by atoms with Crippen LogP contribution >= 0.6 is 0 Å². The van der Waals surface area contributed by atoms with Crippen molar-refractivity contribution in [3.05, 3.63) is 24.3 Å². The van der Waals surface area contributed by atoms with Crippen LogP contribution in [0.5, 0.6) is 0 Å². The average Bonchev–Trinajstić information content (AvgIpc) is 2.88. The minimum atomic E-state index is -1.21. The van der Waals surface area contributed by atoms with Gasteiger partial charge >= 0.3 is 5.97 Å². The minimum Gasteiger partial charge on any atom is -0.479 e. The van der Waals surface area contributed by atoms with E-state index in [9.17, 15) is 9.90 Å². The Morgan fingerprint density at radius 1 is 1.25 bits per heavy atom. The molecule has 2 aromatic rings. The van der Waals surface area contributed by atoms with Crippen molar-refractivity contribution in [3.8, 4) is 11.4 Å². The summed E-state index contributed by atoms with van der Waals surface area (Å²) in [5, 5.41) is 20.6. The summed E-state index contributed by atoms with van der Waals surface area (Å²) in [5.41, 5.74) is 0.610. The standard InChI is InChI=1S/C13H17N5O2/c1-13(2,12(19)20)18-11(14-15-16-18)9-5-7-10(8-6-9)17(3)4/h5-8H,1-4H3,(H,19,20). The van der Waals surface area contributed by atoms with E-state index in [4.69, 9.17) is 0 Å². The summed E-state index contributed by atoms with van der Waals surface area (Å²) in [7, 11) is 3.90. The number of carboxylic acids is 1. The molecule has 0 aliphatic rings. The van der Waals surface area contributed by atoms with Crippen LogP contribution < -0.4 is 4.90 Å². The van der Waals surface area contributed by atoms with Gasteiger partial charge in [0.05, 0.1) is 0 Å². The maximum atomic E-state index is 11.3. The lowest BCUT2D eigenvalue weighted by atomic mass is 10.1. The molecule has 0 aliphatic heterocycles. The molecule has 0 amide bonds. The Labute approximate surface area is 116 Å². The van der Waals surface area contributed by atoms with Gasteiger partial charge in [-0.15, -0.1) is 5.10 Å². The molecule has 1 heterocycles. The highest BCUT2D eigenvalue weighted by Gasteiger charge is 2.33. The molecular formula is C13H17N5O2. The van der Waals surface area contributed by atoms with Crippen LogP contribution in [0, 0.1) is 0 Å². The maximum absolute atomic E-state index is 11.3. The molecular weight excluding hydrogens is 258 g/mol. The molecule has 20 heavy (non-hydrogen) atoms. The van der Waals surface area contributed by atoms with Crippen LogP contribution in [-0.2, 0) is 10.3 Å². The van der Waals surface area contributed by atoms with E-state index in [0.717, 1.165) is 11.3 Å². The average molecular weight is 275 g/mol. The van der Waals surface area contributed by atoms with Crippen molar-refractivity contribution in [2.45, 2.75) is 19.4 Å². The van der Waals surface area contributed by atoms with E-state index < -0.39 is 11.5 Å². The zero-order chi connectivity index (χ0) is 14.9. The molecule has 0 spiro atoms. The second-order valence-corrected chi connectivity index (χ2v) is 5.22. The Balaban J connectivity index is 2.45. The highest BCUT2D eigenvalue weighted by molar-refractivity contribution is 5.76. The summed E-state index contributed by atoms with van der Waals surface area (Å²) >= 11 is 0. The van der Waals surface area contributed by atoms with E-state index in [-0.39, 0.29) is 0 Å². The van der Waals surface area contributed by atoms with Crippen molar-refractivity contribution in [2.75, 3.05) is 19.0 Å². The third-order valence-electron chi connectivity index (χ3n) is 3.16. The van der Waals surface area contributed by atoms with Gasteiger partial charge in [0.15, 0.2) is 11.4 Å². The molecule has 106 valence electrons. The van der Waals surface area contributed by atoms with Crippen molar-refractivity contribution in [3.63, 3.8) is 0 Å². The van der Waals surface area contributed by atoms with E-state index in [1.54, 1.807) is 13.8 Å². The van der Waals surface area contributed by atoms with Crippen molar-refractivity contribution in [1.82, 2.24) is 20.2 Å². The third kappa shape index (κ3) is 2.34. The first-order valence-electron chi connectivity index (χ1n) is 6.14. The van der Waals surface area contributed by atoms with Gasteiger partial charge in [0, 0.05) is 25.3 Å². The molecule has 7 nitrogen and oxygen atoms in total. The summed E-state index contributed by atoms with van der Waals surface area (Å²) in [6, 6.07) is 7.61. The number of hydrogen-bond acceptors (Lipinski definition) is 5. The fraction of sp³-hybridized carbons (Fsp3) is 0.385. The van der Waals surface area contributed by atoms with Gasteiger partial charge in [-0.25, -0.2) is 9.48 Å². The normalized spacial score (nSPS) is 11.4. The molecule has 0 aliphatic carbocycles. The number of aromatic nitrogens is 4. The number of nitrogens with zero attached hydrogens (tertiary/aromatic N) is 5. The molecule has 0 unspecified atom stereocenters. The molecule has 0 radical (unpaired) electrons. The summed E-state index contributed by atoms with van der Waals surface area (Å²) in [6.07, 6.45) is 0. The SMILES string of the molecule is CN(C)c1ccc(-c2nnnn2C(C)(C)C(=O)O)cc1. The molecule has 7 heteroatoms. The Kier molecular flexibility index (Phi) is 3.44. The van der Waals surface area contributed by atoms with Gasteiger partial charge < -0.3 is 10.0 Å². The van der Waals surface area contributed by atoms with Crippen LogP contribution in [-0.4, -0.2) is 45.4 Å². The smallest absolute Gasteiger partial charge is 0.331 e. The number of carbonyl (C=O) groups is 1. The van der Waals surface area contributed by atoms with Gasteiger partial charge in [-0.3, -0.25) is 0 Å². The molecule has 1 aromatic carbocycles. The Bertz CT molecular complexity index is 616. The van der Waals surface area contributed by atoms with Gasteiger partial charge in [0.25, 0.3) is 0 Å². The number of carboxylic acid groups (broad SMARTS) is 1. The van der Waals surface area contributed by atoms with Crippen molar-refractivity contribution >= 4 is 11.7 Å². The van der Waals surface area contributed by atoms with Gasteiger partial charge in [-0.1, -0.05) is 0 Å². The second-order valence-electron chi connectivity index (χ2n) is 5.22. The zero-order valence-electron chi connectivity index (χ0n) is 11.9. The number of hydrogen-bond donors (Lipinski definition) is 1. The van der Waals surface area contributed by atoms with Crippen LogP contribution in [0.2, 0.25) is 0 Å². The zero-order valence-corrected chi connectivity index (χ0v) is 11.9. The van der Waals surface area contributed by atoms with Gasteiger partial charge in [0.1, 0.15) is 0 Å². The molecule has 2 rings (SSSR count). The lowest BCUT2D eigenvalue weighted by Crippen LogP contribution is -2.37. The molecule has 0 saturated heterocycles. The van der Waals surface area contributed by atoms with Crippen LogP contribution in [0.4, 0.5) is 5.69 Å². The topological polar surface area (TPSA) is 84.1 Å². The quantitative estimate of drug-likeness (QED) is 0.903. The van der Waals surface area contributed by atoms with E-state index >= 15 is 0 Å². The molecule has 0 atom stereocenters. The number of rotatable bonds is 4. The lowest BCUT2D eigenvalue weighted by molar-refractivity contribution is -0.146. The highest BCUT2D eigenvalue weighted by atomic mass is 16.4. The molecule has 1 N–H and O–H groups in total. The molecule has 1 aromatic heterocycles. The van der Waals surface area contributed by atoms with Gasteiger partial charge in [-0.05, 0) is 48.5 Å². The van der Waals surface area contributed by atoms with E-state index in [0.29, 0.717) is 5.82 Å². The number of tetrazole rings is 1. The highest BCUT2D eigenvalue weighted by Crippen LogP contribution is 2.24. The Hall–Kier alpha value is -2.44. The summed E-state index contributed by atoms with van der Waals surface area (Å²) in [6.45, 7) is 3.12. The Morgan fingerprint density at radius 2 is 1.85 bits per heavy atom. The Morgan fingerprint density at radius 3 is 2.35 bits per heavy atom. The fourth-order valence-electron chi connectivity index (χ4n) is 1.74. The van der Waals surface area contributed by atoms with E-state index in [1.807, 2.05) is 43.3 Å². The summed E-state index contributed by atoms with van der Waals surface area (Å²) in [4.78, 5) is 13.3. The van der Waals surface area contributed by atoms with Crippen LogP contribution in [0.3, 0.4) is 0 Å². The molecule has 0 bridgehead atoms. The van der Waals surface area contributed by atoms with Gasteiger partial charge in [-0.2, -0.15) is 0 Å². The number of anilines is 1. The third-order valence-corrected chi connectivity index (χ3v) is 3.16. The lowest BCUT2D eigenvalue weighted by Gasteiger charge is -2.20. The molecule has 0 saturated carbocycles. The van der Waals surface area contributed by atoms with Crippen LogP contribution in [0.15, 0.2) is 24.3 Å². The fourth-order valence-corrected chi connectivity index (χ4v) is 1.74. The van der Waals surface area contributed by atoms with E-state index in [2.05, 4.69) is 15.5 Å². The number of aliphatic carboxylic acids is 1. The first kappa shape index (κ1) is 14.0. The summed E-state index contributed by atoms with van der Waals surface area (Å²) in [5.74, 6) is -0.557. The minimum absolute atomic E-state index is 0.433. The predicted octanol–water partition coefficient (Wildman–Crippen LogP) is 1.23. The monoisotopic (exact) mass is 275 g/mol. The number of benzene rings is 1. The molecule has 0 fully saturated rings. The van der Waals surface area contributed by atoms with Crippen LogP contribution in [0.25, 0.3) is 11.4 Å². The van der Waals surface area contributed by atoms with E-state index in [1.165, 1.54) is 4.68 Å². The maximum Gasteiger partial charge on any atom is 0.331 e. The van der Waals surface area contributed by atoms with Crippen molar-refractivity contribution in [2.24, 2.45) is 0 Å². The van der Waals surface area contributed by atoms with Crippen molar-refractivity contribution < 1.29 is 9.90 Å². The predicted molar refractivity (Wildman–Crippen MR) is 74.5 cm³/mol.